The van der Waals surface area contributed by atoms with E-state index in [1.165, 1.54) is 0 Å². The van der Waals surface area contributed by atoms with Crippen LogP contribution >= 0.6 is 0 Å². The zero-order valence-corrected chi connectivity index (χ0v) is 14.8. The van der Waals surface area contributed by atoms with Crippen LogP contribution in [-0.2, 0) is 6.42 Å². The van der Waals surface area contributed by atoms with Gasteiger partial charge in [-0.1, -0.05) is 84.9 Å². The molecule has 0 atom stereocenters. The van der Waals surface area contributed by atoms with Gasteiger partial charge in [-0.15, -0.1) is 0 Å². The molecule has 2 N–H and O–H groups in total. The topological polar surface area (TPSA) is 40.5 Å². The van der Waals surface area contributed by atoms with Crippen LogP contribution in [0.25, 0.3) is 22.3 Å². The molecule has 0 aliphatic heterocycles. The van der Waals surface area contributed by atoms with Crippen LogP contribution < -0.4 is 0 Å². The molecule has 27 heavy (non-hydrogen) atoms. The van der Waals surface area contributed by atoms with Gasteiger partial charge in [0.2, 0.25) is 0 Å². The maximum absolute atomic E-state index is 10.5. The molecule has 0 bridgehead atoms. The van der Waals surface area contributed by atoms with E-state index in [2.05, 4.69) is 0 Å². The van der Waals surface area contributed by atoms with E-state index in [0.717, 1.165) is 33.4 Å². The Morgan fingerprint density at radius 3 is 1.22 bits per heavy atom. The van der Waals surface area contributed by atoms with E-state index in [-0.39, 0.29) is 11.5 Å². The van der Waals surface area contributed by atoms with Crippen molar-refractivity contribution in [2.24, 2.45) is 0 Å². The number of hydrogen-bond donors (Lipinski definition) is 2. The first-order valence-corrected chi connectivity index (χ1v) is 8.95. The molecule has 0 spiro atoms. The second kappa shape index (κ2) is 7.38. The van der Waals surface area contributed by atoms with Crippen molar-refractivity contribution in [3.8, 4) is 33.8 Å². The molecule has 4 rings (SSSR count). The van der Waals surface area contributed by atoms with Crippen molar-refractivity contribution < 1.29 is 10.2 Å². The molecule has 0 aliphatic carbocycles. The van der Waals surface area contributed by atoms with Crippen molar-refractivity contribution in [3.63, 3.8) is 0 Å². The zero-order chi connectivity index (χ0) is 18.6. The van der Waals surface area contributed by atoms with Crippen LogP contribution in [0.5, 0.6) is 11.5 Å². The van der Waals surface area contributed by atoms with Crippen LogP contribution in [-0.4, -0.2) is 10.2 Å². The molecule has 0 unspecified atom stereocenters. The summed E-state index contributed by atoms with van der Waals surface area (Å²) in [4.78, 5) is 0. The Balaban J connectivity index is 1.59. The lowest BCUT2D eigenvalue weighted by atomic mass is 9.97. The average molecular weight is 352 g/mol. The number of phenols is 2. The molecule has 0 heterocycles. The van der Waals surface area contributed by atoms with Gasteiger partial charge in [0.25, 0.3) is 0 Å². The molecule has 0 radical (unpaired) electrons. The van der Waals surface area contributed by atoms with Gasteiger partial charge in [0, 0.05) is 6.42 Å². The molecular weight excluding hydrogens is 332 g/mol. The maximum atomic E-state index is 10.5. The fourth-order valence-corrected chi connectivity index (χ4v) is 3.25. The second-order valence-corrected chi connectivity index (χ2v) is 6.60. The minimum atomic E-state index is 0.239. The summed E-state index contributed by atoms with van der Waals surface area (Å²) in [6, 6.07) is 31.3. The zero-order valence-electron chi connectivity index (χ0n) is 14.8. The summed E-state index contributed by atoms with van der Waals surface area (Å²) in [6.45, 7) is 0. The molecular formula is C25H20O2. The molecule has 0 saturated heterocycles. The predicted octanol–water partition coefficient (Wildman–Crippen LogP) is 6.02. The molecule has 2 heteroatoms. The van der Waals surface area contributed by atoms with Gasteiger partial charge in [0.1, 0.15) is 11.5 Å². The first-order chi connectivity index (χ1) is 13.2. The second-order valence-electron chi connectivity index (χ2n) is 6.60. The number of aromatic hydroxyl groups is 2. The number of rotatable bonds is 4. The maximum Gasteiger partial charge on any atom is 0.119 e. The van der Waals surface area contributed by atoms with Crippen molar-refractivity contribution >= 4 is 0 Å². The molecule has 0 aliphatic rings. The minimum absolute atomic E-state index is 0.239. The fraction of sp³-hybridized carbons (Fsp3) is 0.0400. The third kappa shape index (κ3) is 3.70. The monoisotopic (exact) mass is 352 g/mol. The summed E-state index contributed by atoms with van der Waals surface area (Å²) < 4.78 is 0. The van der Waals surface area contributed by atoms with E-state index < -0.39 is 0 Å². The quantitative estimate of drug-likeness (QED) is 0.471. The van der Waals surface area contributed by atoms with Gasteiger partial charge < -0.3 is 10.2 Å². The first-order valence-electron chi connectivity index (χ1n) is 8.95. The third-order valence-electron chi connectivity index (χ3n) is 4.77. The van der Waals surface area contributed by atoms with Gasteiger partial charge >= 0.3 is 0 Å². The Labute approximate surface area is 159 Å². The predicted molar refractivity (Wildman–Crippen MR) is 110 cm³/mol. The Hall–Kier alpha value is -3.52. The highest BCUT2D eigenvalue weighted by Crippen LogP contribution is 2.32. The largest absolute Gasteiger partial charge is 0.508 e. The minimum Gasteiger partial charge on any atom is -0.508 e. The molecule has 0 saturated carbocycles. The standard InChI is InChI=1S/C25H20O2/c26-24-16-20(18-7-3-1-4-8-18)11-13-22(24)15-23-14-12-21(17-25(23)27)19-9-5-2-6-10-19/h1-14,16-17,26-27H,15H2. The summed E-state index contributed by atoms with van der Waals surface area (Å²) >= 11 is 0. The summed E-state index contributed by atoms with van der Waals surface area (Å²) in [6.07, 6.45) is 0.474. The molecule has 4 aromatic rings. The van der Waals surface area contributed by atoms with E-state index in [1.807, 2.05) is 84.9 Å². The van der Waals surface area contributed by atoms with Crippen LogP contribution in [0.2, 0.25) is 0 Å². The van der Waals surface area contributed by atoms with Crippen LogP contribution in [0, 0.1) is 0 Å². The Morgan fingerprint density at radius 1 is 0.444 bits per heavy atom. The van der Waals surface area contributed by atoms with Crippen molar-refractivity contribution in [3.05, 3.63) is 108 Å². The van der Waals surface area contributed by atoms with Crippen molar-refractivity contribution in [2.45, 2.75) is 6.42 Å². The molecule has 4 aromatic carbocycles. The molecule has 0 fully saturated rings. The highest BCUT2D eigenvalue weighted by Gasteiger charge is 2.09. The van der Waals surface area contributed by atoms with Gasteiger partial charge in [-0.05, 0) is 45.5 Å². The highest BCUT2D eigenvalue weighted by atomic mass is 16.3. The van der Waals surface area contributed by atoms with E-state index in [1.54, 1.807) is 12.1 Å². The van der Waals surface area contributed by atoms with Crippen LogP contribution in [0.3, 0.4) is 0 Å². The Kier molecular flexibility index (Phi) is 4.63. The third-order valence-corrected chi connectivity index (χ3v) is 4.77. The summed E-state index contributed by atoms with van der Waals surface area (Å²) in [5.74, 6) is 0.478. The summed E-state index contributed by atoms with van der Waals surface area (Å²) in [7, 11) is 0. The van der Waals surface area contributed by atoms with E-state index in [4.69, 9.17) is 0 Å². The van der Waals surface area contributed by atoms with Gasteiger partial charge in [0.15, 0.2) is 0 Å². The van der Waals surface area contributed by atoms with Crippen LogP contribution in [0.4, 0.5) is 0 Å². The molecule has 0 amide bonds. The van der Waals surface area contributed by atoms with Crippen LogP contribution in [0.1, 0.15) is 11.1 Å². The number of hydrogen-bond acceptors (Lipinski definition) is 2. The molecule has 132 valence electrons. The molecule has 2 nitrogen and oxygen atoms in total. The SMILES string of the molecule is Oc1cc(-c2ccccc2)ccc1Cc1ccc(-c2ccccc2)cc1O. The van der Waals surface area contributed by atoms with E-state index in [9.17, 15) is 10.2 Å². The van der Waals surface area contributed by atoms with Gasteiger partial charge in [0.05, 0.1) is 0 Å². The number of phenolic OH excluding ortho intramolecular Hbond substituents is 2. The van der Waals surface area contributed by atoms with Crippen molar-refractivity contribution in [1.82, 2.24) is 0 Å². The van der Waals surface area contributed by atoms with Crippen molar-refractivity contribution in [1.29, 1.82) is 0 Å². The van der Waals surface area contributed by atoms with E-state index >= 15 is 0 Å². The lowest BCUT2D eigenvalue weighted by molar-refractivity contribution is 0.463. The van der Waals surface area contributed by atoms with Crippen LogP contribution in [0.15, 0.2) is 97.1 Å². The van der Waals surface area contributed by atoms with Gasteiger partial charge in [-0.25, -0.2) is 0 Å². The highest BCUT2D eigenvalue weighted by molar-refractivity contribution is 5.67. The fourth-order valence-electron chi connectivity index (χ4n) is 3.25. The first kappa shape index (κ1) is 16.9. The lowest BCUT2D eigenvalue weighted by Gasteiger charge is -2.11. The van der Waals surface area contributed by atoms with Gasteiger partial charge in [-0.2, -0.15) is 0 Å². The summed E-state index contributed by atoms with van der Waals surface area (Å²) in [5, 5.41) is 20.9. The van der Waals surface area contributed by atoms with E-state index in [0.29, 0.717) is 6.42 Å². The normalized spacial score (nSPS) is 10.7. The summed E-state index contributed by atoms with van der Waals surface area (Å²) in [5.41, 5.74) is 5.65. The lowest BCUT2D eigenvalue weighted by Crippen LogP contribution is -1.91. The molecule has 0 aromatic heterocycles. The Bertz CT molecular complexity index is 967. The van der Waals surface area contributed by atoms with Crippen molar-refractivity contribution in [2.75, 3.05) is 0 Å². The number of benzene rings is 4. The Morgan fingerprint density at radius 2 is 0.852 bits per heavy atom. The smallest absolute Gasteiger partial charge is 0.119 e. The average Bonchev–Trinajstić information content (AvgIpc) is 2.72. The van der Waals surface area contributed by atoms with Gasteiger partial charge in [-0.3, -0.25) is 0 Å².